The van der Waals surface area contributed by atoms with Crippen molar-refractivity contribution < 1.29 is 8.42 Å². The maximum atomic E-state index is 11.9. The molecule has 1 saturated carbocycles. The molecule has 5 heteroatoms. The molecule has 0 heterocycles. The van der Waals surface area contributed by atoms with Gasteiger partial charge in [-0.1, -0.05) is 31.0 Å². The number of rotatable bonds is 7. The Labute approximate surface area is 114 Å². The third-order valence-corrected chi connectivity index (χ3v) is 4.63. The zero-order valence-electron chi connectivity index (χ0n) is 10.8. The molecule has 1 aromatic carbocycles. The van der Waals surface area contributed by atoms with Crippen molar-refractivity contribution in [3.8, 4) is 6.07 Å². The second kappa shape index (κ2) is 6.18. The standard InChI is InChI=1S/C14H18N2O2S/c15-10-13-5-1-2-6-14(13)11-19(17,18)16-9-3-4-12-7-8-12/h1-2,5-6,12,16H,3-4,7-9,11H2. The molecule has 0 saturated heterocycles. The molecule has 19 heavy (non-hydrogen) atoms. The third-order valence-electron chi connectivity index (χ3n) is 3.29. The minimum atomic E-state index is -3.35. The molecular formula is C14H18N2O2S. The van der Waals surface area contributed by atoms with E-state index < -0.39 is 10.0 Å². The minimum Gasteiger partial charge on any atom is -0.215 e. The van der Waals surface area contributed by atoms with Crippen LogP contribution in [-0.4, -0.2) is 15.0 Å². The predicted molar refractivity (Wildman–Crippen MR) is 73.7 cm³/mol. The monoisotopic (exact) mass is 278 g/mol. The highest BCUT2D eigenvalue weighted by atomic mass is 32.2. The summed E-state index contributed by atoms with van der Waals surface area (Å²) >= 11 is 0. The van der Waals surface area contributed by atoms with E-state index in [0.29, 0.717) is 17.7 Å². The molecular weight excluding hydrogens is 260 g/mol. The van der Waals surface area contributed by atoms with Crippen LogP contribution >= 0.6 is 0 Å². The number of benzene rings is 1. The van der Waals surface area contributed by atoms with Crippen molar-refractivity contribution in [3.63, 3.8) is 0 Å². The summed E-state index contributed by atoms with van der Waals surface area (Å²) in [5.41, 5.74) is 0.977. The molecule has 1 aromatic rings. The van der Waals surface area contributed by atoms with Crippen LogP contribution in [0.4, 0.5) is 0 Å². The average molecular weight is 278 g/mol. The largest absolute Gasteiger partial charge is 0.215 e. The SMILES string of the molecule is N#Cc1ccccc1CS(=O)(=O)NCCCC1CC1. The Morgan fingerprint density at radius 2 is 2.05 bits per heavy atom. The molecule has 0 atom stereocenters. The Morgan fingerprint density at radius 1 is 1.32 bits per heavy atom. The van der Waals surface area contributed by atoms with Gasteiger partial charge in [0.15, 0.2) is 0 Å². The molecule has 0 aliphatic heterocycles. The molecule has 1 aliphatic carbocycles. The average Bonchev–Trinajstić information content (AvgIpc) is 3.19. The number of nitrogens with zero attached hydrogens (tertiary/aromatic N) is 1. The van der Waals surface area contributed by atoms with E-state index in [0.717, 1.165) is 18.8 Å². The van der Waals surface area contributed by atoms with Gasteiger partial charge in [0.05, 0.1) is 17.4 Å². The van der Waals surface area contributed by atoms with Crippen LogP contribution in [0.25, 0.3) is 0 Å². The van der Waals surface area contributed by atoms with Crippen molar-refractivity contribution in [2.24, 2.45) is 5.92 Å². The first-order chi connectivity index (χ1) is 9.11. The van der Waals surface area contributed by atoms with E-state index in [1.54, 1.807) is 24.3 Å². The summed E-state index contributed by atoms with van der Waals surface area (Å²) in [5, 5.41) is 8.93. The van der Waals surface area contributed by atoms with Crippen LogP contribution in [-0.2, 0) is 15.8 Å². The van der Waals surface area contributed by atoms with Gasteiger partial charge in [0.1, 0.15) is 0 Å². The molecule has 4 nitrogen and oxygen atoms in total. The fraction of sp³-hybridized carbons (Fsp3) is 0.500. The minimum absolute atomic E-state index is 0.125. The second-order valence-corrected chi connectivity index (χ2v) is 6.81. The molecule has 1 fully saturated rings. The Bertz CT molecular complexity index is 571. The number of nitriles is 1. The van der Waals surface area contributed by atoms with E-state index in [-0.39, 0.29) is 5.75 Å². The highest BCUT2D eigenvalue weighted by molar-refractivity contribution is 7.88. The van der Waals surface area contributed by atoms with Gasteiger partial charge in [0.2, 0.25) is 10.0 Å². The smallest absolute Gasteiger partial charge is 0.215 e. The van der Waals surface area contributed by atoms with Crippen LogP contribution in [0.2, 0.25) is 0 Å². The van der Waals surface area contributed by atoms with Gasteiger partial charge in [-0.15, -0.1) is 0 Å². The van der Waals surface area contributed by atoms with Crippen molar-refractivity contribution in [2.75, 3.05) is 6.54 Å². The highest BCUT2D eigenvalue weighted by Gasteiger charge is 2.20. The van der Waals surface area contributed by atoms with Crippen molar-refractivity contribution in [1.29, 1.82) is 5.26 Å². The van der Waals surface area contributed by atoms with Crippen LogP contribution in [0, 0.1) is 17.2 Å². The Balaban J connectivity index is 1.87. The van der Waals surface area contributed by atoms with Crippen molar-refractivity contribution in [2.45, 2.75) is 31.4 Å². The van der Waals surface area contributed by atoms with Gasteiger partial charge < -0.3 is 0 Å². The first-order valence-corrected chi connectivity index (χ1v) is 8.21. The molecule has 0 spiro atoms. The zero-order chi connectivity index (χ0) is 13.7. The van der Waals surface area contributed by atoms with E-state index in [4.69, 9.17) is 5.26 Å². The number of nitrogens with one attached hydrogen (secondary N) is 1. The maximum Gasteiger partial charge on any atom is 0.215 e. The quantitative estimate of drug-likeness (QED) is 0.777. The van der Waals surface area contributed by atoms with Gasteiger partial charge in [-0.2, -0.15) is 5.26 Å². The molecule has 0 bridgehead atoms. The lowest BCUT2D eigenvalue weighted by Crippen LogP contribution is -2.26. The van der Waals surface area contributed by atoms with Crippen LogP contribution in [0.15, 0.2) is 24.3 Å². The fourth-order valence-electron chi connectivity index (χ4n) is 2.04. The van der Waals surface area contributed by atoms with Gasteiger partial charge in [-0.3, -0.25) is 0 Å². The molecule has 0 unspecified atom stereocenters. The molecule has 102 valence electrons. The van der Waals surface area contributed by atoms with Crippen LogP contribution < -0.4 is 4.72 Å². The summed E-state index contributed by atoms with van der Waals surface area (Å²) < 4.78 is 26.4. The van der Waals surface area contributed by atoms with E-state index in [2.05, 4.69) is 4.72 Å². The van der Waals surface area contributed by atoms with Gasteiger partial charge in [0.25, 0.3) is 0 Å². The summed E-state index contributed by atoms with van der Waals surface area (Å²) in [6.07, 6.45) is 4.59. The zero-order valence-corrected chi connectivity index (χ0v) is 11.6. The molecule has 0 radical (unpaired) electrons. The predicted octanol–water partition coefficient (Wildman–Crippen LogP) is 2.17. The fourth-order valence-corrected chi connectivity index (χ4v) is 3.25. The van der Waals surface area contributed by atoms with Crippen LogP contribution in [0.1, 0.15) is 36.8 Å². The Hall–Kier alpha value is -1.38. The van der Waals surface area contributed by atoms with E-state index in [1.807, 2.05) is 6.07 Å². The molecule has 1 N–H and O–H groups in total. The molecule has 2 rings (SSSR count). The lowest BCUT2D eigenvalue weighted by atomic mass is 10.1. The topological polar surface area (TPSA) is 70.0 Å². The lowest BCUT2D eigenvalue weighted by molar-refractivity contribution is 0.571. The van der Waals surface area contributed by atoms with E-state index >= 15 is 0 Å². The van der Waals surface area contributed by atoms with Gasteiger partial charge in [0, 0.05) is 6.54 Å². The van der Waals surface area contributed by atoms with Crippen LogP contribution in [0.3, 0.4) is 0 Å². The summed E-state index contributed by atoms with van der Waals surface area (Å²) in [4.78, 5) is 0. The van der Waals surface area contributed by atoms with Gasteiger partial charge in [-0.05, 0) is 30.4 Å². The van der Waals surface area contributed by atoms with E-state index in [1.165, 1.54) is 12.8 Å². The first-order valence-electron chi connectivity index (χ1n) is 6.56. The number of hydrogen-bond donors (Lipinski definition) is 1. The summed E-state index contributed by atoms with van der Waals surface area (Å²) in [5.74, 6) is 0.698. The number of sulfonamides is 1. The summed E-state index contributed by atoms with van der Waals surface area (Å²) in [7, 11) is -3.35. The lowest BCUT2D eigenvalue weighted by Gasteiger charge is -2.07. The Morgan fingerprint density at radius 3 is 2.74 bits per heavy atom. The summed E-state index contributed by atoms with van der Waals surface area (Å²) in [6, 6.07) is 8.82. The van der Waals surface area contributed by atoms with Crippen molar-refractivity contribution in [3.05, 3.63) is 35.4 Å². The van der Waals surface area contributed by atoms with Crippen molar-refractivity contribution in [1.82, 2.24) is 4.72 Å². The summed E-state index contributed by atoms with van der Waals surface area (Å²) in [6.45, 7) is 0.494. The Kier molecular flexibility index (Phi) is 4.56. The molecule has 1 aliphatic rings. The van der Waals surface area contributed by atoms with Crippen LogP contribution in [0.5, 0.6) is 0 Å². The first kappa shape index (κ1) is 14.0. The number of hydrogen-bond acceptors (Lipinski definition) is 3. The molecule has 0 aromatic heterocycles. The maximum absolute atomic E-state index is 11.9. The normalized spacial score (nSPS) is 15.1. The van der Waals surface area contributed by atoms with Crippen molar-refractivity contribution >= 4 is 10.0 Å². The van der Waals surface area contributed by atoms with E-state index in [9.17, 15) is 8.42 Å². The molecule has 0 amide bonds. The second-order valence-electron chi connectivity index (χ2n) is 5.01. The third kappa shape index (κ3) is 4.66. The van der Waals surface area contributed by atoms with Gasteiger partial charge in [-0.25, -0.2) is 13.1 Å². The van der Waals surface area contributed by atoms with Gasteiger partial charge >= 0.3 is 0 Å². The highest BCUT2D eigenvalue weighted by Crippen LogP contribution is 2.33.